The minimum absolute atomic E-state index is 0.263. The van der Waals surface area contributed by atoms with Crippen LogP contribution in [0.25, 0.3) is 16.2 Å². The van der Waals surface area contributed by atoms with Crippen molar-refractivity contribution in [3.8, 4) is 17.2 Å². The van der Waals surface area contributed by atoms with Crippen molar-refractivity contribution >= 4 is 56.5 Å². The molecule has 0 unspecified atom stereocenters. The molecule has 0 bridgehead atoms. The van der Waals surface area contributed by atoms with E-state index in [2.05, 4.69) is 0 Å². The SMILES string of the molecule is CCOc1ccc(N2C(=O)/C(=C\c3ccc(OC)cc3OC)N=C2c2sc3ccccc3c2Cl)cc1. The van der Waals surface area contributed by atoms with Gasteiger partial charge in [-0.2, -0.15) is 0 Å². The number of hydrogen-bond donors (Lipinski definition) is 0. The summed E-state index contributed by atoms with van der Waals surface area (Å²) in [5, 5.41) is 1.50. The maximum absolute atomic E-state index is 13.8. The second kappa shape index (κ2) is 10.0. The van der Waals surface area contributed by atoms with Crippen molar-refractivity contribution < 1.29 is 19.0 Å². The van der Waals surface area contributed by atoms with Gasteiger partial charge in [-0.05, 0) is 55.5 Å². The highest BCUT2D eigenvalue weighted by molar-refractivity contribution is 7.21. The third kappa shape index (κ3) is 4.32. The Balaban J connectivity index is 1.65. The van der Waals surface area contributed by atoms with Crippen molar-refractivity contribution in [1.29, 1.82) is 0 Å². The van der Waals surface area contributed by atoms with Gasteiger partial charge < -0.3 is 14.2 Å². The Kier molecular flexibility index (Phi) is 6.67. The van der Waals surface area contributed by atoms with E-state index in [1.54, 1.807) is 31.3 Å². The highest BCUT2D eigenvalue weighted by Crippen LogP contribution is 2.40. The fourth-order valence-corrected chi connectivity index (χ4v) is 5.50. The molecular weight excluding hydrogens is 496 g/mol. The number of anilines is 1. The second-order valence-corrected chi connectivity index (χ2v) is 9.31. The van der Waals surface area contributed by atoms with Crippen molar-refractivity contribution in [2.24, 2.45) is 4.99 Å². The zero-order chi connectivity index (χ0) is 25.2. The number of aliphatic imine (C=N–C) groups is 1. The second-order valence-electron chi connectivity index (χ2n) is 7.88. The lowest BCUT2D eigenvalue weighted by molar-refractivity contribution is -0.113. The van der Waals surface area contributed by atoms with Crippen LogP contribution < -0.4 is 19.1 Å². The van der Waals surface area contributed by atoms with Crippen molar-refractivity contribution in [3.05, 3.63) is 87.9 Å². The molecular formula is C28H23ClN2O4S. The molecule has 182 valence electrons. The van der Waals surface area contributed by atoms with Gasteiger partial charge in [-0.15, -0.1) is 11.3 Å². The predicted molar refractivity (Wildman–Crippen MR) is 146 cm³/mol. The summed E-state index contributed by atoms with van der Waals surface area (Å²) in [6.07, 6.45) is 1.72. The summed E-state index contributed by atoms with van der Waals surface area (Å²) >= 11 is 8.32. The molecule has 0 spiro atoms. The molecule has 8 heteroatoms. The van der Waals surface area contributed by atoms with Crippen LogP contribution in [0, 0.1) is 0 Å². The van der Waals surface area contributed by atoms with Crippen LogP contribution in [-0.2, 0) is 4.79 Å². The standard InChI is InChI=1S/C28H23ClN2O4S/c1-4-35-19-13-10-18(11-14-19)31-27(26-25(29)21-7-5-6-8-24(21)36-26)30-22(28(31)32)15-17-9-12-20(33-2)16-23(17)34-3/h5-16H,4H2,1-3H3/b22-15+. The summed E-state index contributed by atoms with van der Waals surface area (Å²) in [6, 6.07) is 20.7. The van der Waals surface area contributed by atoms with E-state index in [-0.39, 0.29) is 11.6 Å². The maximum atomic E-state index is 13.8. The number of amides is 1. The summed E-state index contributed by atoms with van der Waals surface area (Å²) in [5.74, 6) is 2.18. The molecule has 0 aliphatic carbocycles. The fourth-order valence-electron chi connectivity index (χ4n) is 4.01. The maximum Gasteiger partial charge on any atom is 0.282 e. The molecule has 2 heterocycles. The molecule has 0 atom stereocenters. The number of amidine groups is 1. The summed E-state index contributed by atoms with van der Waals surface area (Å²) in [4.78, 5) is 20.9. The van der Waals surface area contributed by atoms with E-state index < -0.39 is 0 Å². The minimum atomic E-state index is -0.263. The number of fused-ring (bicyclic) bond motifs is 1. The van der Waals surface area contributed by atoms with Gasteiger partial charge in [-0.1, -0.05) is 29.8 Å². The molecule has 36 heavy (non-hydrogen) atoms. The van der Waals surface area contributed by atoms with Crippen LogP contribution in [0.5, 0.6) is 17.2 Å². The third-order valence-corrected chi connectivity index (χ3v) is 7.41. The summed E-state index contributed by atoms with van der Waals surface area (Å²) in [7, 11) is 3.17. The van der Waals surface area contributed by atoms with Crippen LogP contribution in [0.3, 0.4) is 0 Å². The van der Waals surface area contributed by atoms with Gasteiger partial charge in [0.25, 0.3) is 5.91 Å². The first-order valence-corrected chi connectivity index (χ1v) is 12.5. The van der Waals surface area contributed by atoms with E-state index in [1.165, 1.54) is 11.3 Å². The first-order chi connectivity index (χ1) is 17.5. The van der Waals surface area contributed by atoms with Crippen molar-refractivity contribution in [3.63, 3.8) is 0 Å². The summed E-state index contributed by atoms with van der Waals surface area (Å²) in [5.41, 5.74) is 1.65. The van der Waals surface area contributed by atoms with Crippen molar-refractivity contribution in [2.45, 2.75) is 6.92 Å². The Bertz CT molecular complexity index is 1510. The molecule has 0 saturated carbocycles. The van der Waals surface area contributed by atoms with Gasteiger partial charge in [0.15, 0.2) is 5.84 Å². The smallest absolute Gasteiger partial charge is 0.282 e. The number of rotatable bonds is 7. The zero-order valence-electron chi connectivity index (χ0n) is 19.9. The number of carbonyl (C=O) groups excluding carboxylic acids is 1. The molecule has 1 aliphatic rings. The Labute approximate surface area is 218 Å². The molecule has 0 N–H and O–H groups in total. The van der Waals surface area contributed by atoms with Gasteiger partial charge in [-0.3, -0.25) is 9.69 Å². The highest BCUT2D eigenvalue weighted by atomic mass is 35.5. The van der Waals surface area contributed by atoms with Crippen LogP contribution >= 0.6 is 22.9 Å². The van der Waals surface area contributed by atoms with Gasteiger partial charge in [0.05, 0.1) is 36.4 Å². The quantitative estimate of drug-likeness (QED) is 0.252. The van der Waals surface area contributed by atoms with Gasteiger partial charge >= 0.3 is 0 Å². The molecule has 0 fully saturated rings. The Morgan fingerprint density at radius 3 is 2.44 bits per heavy atom. The van der Waals surface area contributed by atoms with Crippen molar-refractivity contribution in [2.75, 3.05) is 25.7 Å². The lowest BCUT2D eigenvalue weighted by atomic mass is 10.1. The summed E-state index contributed by atoms with van der Waals surface area (Å²) < 4.78 is 17.4. The van der Waals surface area contributed by atoms with E-state index >= 15 is 0 Å². The average molecular weight is 519 g/mol. The number of benzene rings is 3. The Morgan fingerprint density at radius 2 is 1.75 bits per heavy atom. The number of hydrogen-bond acceptors (Lipinski definition) is 6. The van der Waals surface area contributed by atoms with Gasteiger partial charge in [0.1, 0.15) is 22.9 Å². The average Bonchev–Trinajstić information content (AvgIpc) is 3.41. The van der Waals surface area contributed by atoms with E-state index in [9.17, 15) is 4.79 Å². The zero-order valence-corrected chi connectivity index (χ0v) is 21.5. The molecule has 1 aliphatic heterocycles. The number of thiophene rings is 1. The lowest BCUT2D eigenvalue weighted by Gasteiger charge is -2.18. The number of nitrogens with zero attached hydrogens (tertiary/aromatic N) is 2. The highest BCUT2D eigenvalue weighted by Gasteiger charge is 2.35. The van der Waals surface area contributed by atoms with E-state index in [4.69, 9.17) is 30.8 Å². The first-order valence-electron chi connectivity index (χ1n) is 11.3. The molecule has 4 aromatic rings. The van der Waals surface area contributed by atoms with Gasteiger partial charge in [0.2, 0.25) is 0 Å². The molecule has 1 aromatic heterocycles. The number of ether oxygens (including phenoxy) is 3. The van der Waals surface area contributed by atoms with Crippen LogP contribution in [0.2, 0.25) is 5.02 Å². The van der Waals surface area contributed by atoms with Crippen molar-refractivity contribution in [1.82, 2.24) is 0 Å². The van der Waals surface area contributed by atoms with Crippen LogP contribution in [0.15, 0.2) is 77.4 Å². The lowest BCUT2D eigenvalue weighted by Crippen LogP contribution is -2.32. The van der Waals surface area contributed by atoms with Crippen LogP contribution in [-0.4, -0.2) is 32.6 Å². The van der Waals surface area contributed by atoms with E-state index in [0.717, 1.165) is 20.7 Å². The molecule has 6 nitrogen and oxygen atoms in total. The fraction of sp³-hybridized carbons (Fsp3) is 0.143. The largest absolute Gasteiger partial charge is 0.497 e. The Morgan fingerprint density at radius 1 is 1.00 bits per heavy atom. The van der Waals surface area contributed by atoms with Gasteiger partial charge in [0, 0.05) is 21.7 Å². The number of halogens is 1. The predicted octanol–water partition coefficient (Wildman–Crippen LogP) is 6.81. The third-order valence-electron chi connectivity index (χ3n) is 5.74. The summed E-state index contributed by atoms with van der Waals surface area (Å²) in [6.45, 7) is 2.49. The molecule has 1 amide bonds. The van der Waals surface area contributed by atoms with Crippen LogP contribution in [0.1, 0.15) is 17.4 Å². The minimum Gasteiger partial charge on any atom is -0.497 e. The van der Waals surface area contributed by atoms with Gasteiger partial charge in [-0.25, -0.2) is 4.99 Å². The topological polar surface area (TPSA) is 60.4 Å². The van der Waals surface area contributed by atoms with Crippen LogP contribution in [0.4, 0.5) is 5.69 Å². The van der Waals surface area contributed by atoms with E-state index in [0.29, 0.717) is 40.2 Å². The normalized spacial score (nSPS) is 14.4. The Hall–Kier alpha value is -3.81. The first kappa shape index (κ1) is 23.9. The van der Waals surface area contributed by atoms with E-state index in [1.807, 2.05) is 67.6 Å². The molecule has 3 aromatic carbocycles. The molecule has 5 rings (SSSR count). The molecule has 0 saturated heterocycles. The number of methoxy groups -OCH3 is 2. The number of carbonyl (C=O) groups is 1. The monoisotopic (exact) mass is 518 g/mol. The molecule has 0 radical (unpaired) electrons.